The molecule has 0 radical (unpaired) electrons. The molecule has 0 atom stereocenters. The highest BCUT2D eigenvalue weighted by atomic mass is 16.5. The maximum Gasteiger partial charge on any atom is 0.317 e. The summed E-state index contributed by atoms with van der Waals surface area (Å²) >= 11 is 0. The predicted octanol–water partition coefficient (Wildman–Crippen LogP) is 1.15. The van der Waals surface area contributed by atoms with Gasteiger partial charge in [0.1, 0.15) is 6.61 Å². The molecule has 0 spiro atoms. The number of aromatic nitrogens is 2. The molecule has 0 aliphatic carbocycles. The molecular formula is C19H25N5O3. The first-order chi connectivity index (χ1) is 13.2. The van der Waals surface area contributed by atoms with Gasteiger partial charge in [0.15, 0.2) is 5.82 Å². The predicted molar refractivity (Wildman–Crippen MR) is 101 cm³/mol. The molecule has 1 aliphatic rings. The van der Waals surface area contributed by atoms with Gasteiger partial charge in [0.2, 0.25) is 0 Å². The van der Waals surface area contributed by atoms with Crippen molar-refractivity contribution in [2.24, 2.45) is 0 Å². The van der Waals surface area contributed by atoms with Gasteiger partial charge in [-0.05, 0) is 5.56 Å². The van der Waals surface area contributed by atoms with E-state index in [0.29, 0.717) is 31.9 Å². The number of aliphatic hydroxyl groups is 1. The molecule has 1 aromatic carbocycles. The monoisotopic (exact) mass is 371 g/mol. The Balaban J connectivity index is 1.33. The molecule has 8 heteroatoms. The van der Waals surface area contributed by atoms with Gasteiger partial charge >= 0.3 is 6.03 Å². The van der Waals surface area contributed by atoms with Crippen LogP contribution >= 0.6 is 0 Å². The van der Waals surface area contributed by atoms with Crippen molar-refractivity contribution in [2.45, 2.75) is 13.0 Å². The standard InChI is InChI=1S/C19H25N5O3/c25-15-18-21-17(22-27-18)8-9-20-19(26)24-13-11-23(12-14-24)10-4-7-16-5-2-1-3-6-16/h1-7,25H,8-15H2,(H,20,26). The number of aliphatic hydroxyl groups excluding tert-OH is 1. The highest BCUT2D eigenvalue weighted by Crippen LogP contribution is 2.05. The number of nitrogens with one attached hydrogen (secondary N) is 1. The van der Waals surface area contributed by atoms with E-state index in [2.05, 4.69) is 44.6 Å². The quantitative estimate of drug-likeness (QED) is 0.758. The van der Waals surface area contributed by atoms with Gasteiger partial charge in [-0.25, -0.2) is 4.79 Å². The summed E-state index contributed by atoms with van der Waals surface area (Å²) in [4.78, 5) is 20.4. The normalized spacial score (nSPS) is 15.4. The topological polar surface area (TPSA) is 94.7 Å². The first kappa shape index (κ1) is 19.1. The SMILES string of the molecule is O=C(NCCc1noc(CO)n1)N1CCN(CC=Cc2ccccc2)CC1. The van der Waals surface area contributed by atoms with Gasteiger partial charge in [0, 0.05) is 45.7 Å². The van der Waals surface area contributed by atoms with Crippen LogP contribution in [0.5, 0.6) is 0 Å². The molecule has 2 N–H and O–H groups in total. The first-order valence-corrected chi connectivity index (χ1v) is 9.13. The highest BCUT2D eigenvalue weighted by molar-refractivity contribution is 5.74. The van der Waals surface area contributed by atoms with E-state index in [9.17, 15) is 4.79 Å². The molecule has 1 fully saturated rings. The number of rotatable bonds is 7. The average molecular weight is 371 g/mol. The molecule has 1 saturated heterocycles. The number of benzene rings is 1. The summed E-state index contributed by atoms with van der Waals surface area (Å²) < 4.78 is 4.81. The largest absolute Gasteiger partial charge is 0.387 e. The van der Waals surface area contributed by atoms with Crippen molar-refractivity contribution in [1.29, 1.82) is 0 Å². The van der Waals surface area contributed by atoms with Crippen molar-refractivity contribution in [3.8, 4) is 0 Å². The summed E-state index contributed by atoms with van der Waals surface area (Å²) in [5.74, 6) is 0.670. The number of carbonyl (C=O) groups excluding carboxylic acids is 1. The fourth-order valence-corrected chi connectivity index (χ4v) is 2.88. The average Bonchev–Trinajstić information content (AvgIpc) is 3.17. The molecule has 3 rings (SSSR count). The number of amides is 2. The molecular weight excluding hydrogens is 346 g/mol. The lowest BCUT2D eigenvalue weighted by atomic mass is 10.2. The highest BCUT2D eigenvalue weighted by Gasteiger charge is 2.20. The second-order valence-corrected chi connectivity index (χ2v) is 6.35. The van der Waals surface area contributed by atoms with Crippen LogP contribution in [0.4, 0.5) is 4.79 Å². The molecule has 0 unspecified atom stereocenters. The van der Waals surface area contributed by atoms with Crippen LogP contribution in [0, 0.1) is 0 Å². The molecule has 2 heterocycles. The summed E-state index contributed by atoms with van der Waals surface area (Å²) in [6, 6.07) is 10.2. The Labute approximate surface area is 158 Å². The Morgan fingerprint density at radius 2 is 2.00 bits per heavy atom. The van der Waals surface area contributed by atoms with Gasteiger partial charge in [-0.3, -0.25) is 4.90 Å². The Bertz CT molecular complexity index is 739. The van der Waals surface area contributed by atoms with Crippen LogP contribution in [-0.2, 0) is 13.0 Å². The molecule has 144 valence electrons. The van der Waals surface area contributed by atoms with E-state index < -0.39 is 0 Å². The van der Waals surface area contributed by atoms with E-state index >= 15 is 0 Å². The van der Waals surface area contributed by atoms with E-state index in [-0.39, 0.29) is 18.5 Å². The minimum Gasteiger partial charge on any atom is -0.387 e. The second kappa shape index (κ2) is 9.84. The third kappa shape index (κ3) is 5.90. The van der Waals surface area contributed by atoms with Gasteiger partial charge in [0.05, 0.1) is 0 Å². The summed E-state index contributed by atoms with van der Waals surface area (Å²) in [6.07, 6.45) is 4.76. The first-order valence-electron chi connectivity index (χ1n) is 9.13. The lowest BCUT2D eigenvalue weighted by Gasteiger charge is -2.34. The summed E-state index contributed by atoms with van der Waals surface area (Å²) in [6.45, 7) is 4.18. The van der Waals surface area contributed by atoms with Crippen molar-refractivity contribution < 1.29 is 14.4 Å². The molecule has 0 bridgehead atoms. The summed E-state index contributed by atoms with van der Waals surface area (Å²) in [5.41, 5.74) is 1.20. The van der Waals surface area contributed by atoms with E-state index in [1.807, 2.05) is 23.1 Å². The van der Waals surface area contributed by atoms with E-state index in [4.69, 9.17) is 9.63 Å². The number of hydrogen-bond donors (Lipinski definition) is 2. The van der Waals surface area contributed by atoms with E-state index in [1.54, 1.807) is 0 Å². The van der Waals surface area contributed by atoms with Gasteiger partial charge in [-0.2, -0.15) is 4.98 Å². The Morgan fingerprint density at radius 1 is 1.22 bits per heavy atom. The number of nitrogens with zero attached hydrogens (tertiary/aromatic N) is 4. The number of urea groups is 1. The molecule has 2 amide bonds. The van der Waals surface area contributed by atoms with Crippen LogP contribution < -0.4 is 5.32 Å². The number of piperazine rings is 1. The number of carbonyl (C=O) groups is 1. The van der Waals surface area contributed by atoms with Crippen LogP contribution in [0.15, 0.2) is 40.9 Å². The Morgan fingerprint density at radius 3 is 2.70 bits per heavy atom. The van der Waals surface area contributed by atoms with Crippen molar-refractivity contribution in [3.05, 3.63) is 53.7 Å². The maximum atomic E-state index is 12.2. The molecule has 2 aromatic rings. The van der Waals surface area contributed by atoms with Gasteiger partial charge in [-0.1, -0.05) is 47.6 Å². The van der Waals surface area contributed by atoms with Crippen molar-refractivity contribution in [3.63, 3.8) is 0 Å². The molecule has 27 heavy (non-hydrogen) atoms. The van der Waals surface area contributed by atoms with Gasteiger partial charge in [0.25, 0.3) is 5.89 Å². The molecule has 1 aromatic heterocycles. The zero-order valence-corrected chi connectivity index (χ0v) is 15.3. The third-order valence-corrected chi connectivity index (χ3v) is 4.40. The Kier molecular flexibility index (Phi) is 6.95. The van der Waals surface area contributed by atoms with Crippen molar-refractivity contribution in [2.75, 3.05) is 39.3 Å². The van der Waals surface area contributed by atoms with E-state index in [0.717, 1.165) is 19.6 Å². The summed E-state index contributed by atoms with van der Waals surface area (Å²) in [7, 11) is 0. The number of hydrogen-bond acceptors (Lipinski definition) is 6. The van der Waals surface area contributed by atoms with Crippen LogP contribution in [-0.4, -0.2) is 70.3 Å². The van der Waals surface area contributed by atoms with Gasteiger partial charge < -0.3 is 19.8 Å². The smallest absolute Gasteiger partial charge is 0.317 e. The maximum absolute atomic E-state index is 12.2. The Hall–Kier alpha value is -2.71. The fraction of sp³-hybridized carbons (Fsp3) is 0.421. The lowest BCUT2D eigenvalue weighted by Crippen LogP contribution is -2.51. The third-order valence-electron chi connectivity index (χ3n) is 4.40. The molecule has 0 saturated carbocycles. The van der Waals surface area contributed by atoms with Crippen LogP contribution in [0.2, 0.25) is 0 Å². The minimum absolute atomic E-state index is 0.0691. The zero-order chi connectivity index (χ0) is 18.9. The zero-order valence-electron chi connectivity index (χ0n) is 15.3. The second-order valence-electron chi connectivity index (χ2n) is 6.35. The fourth-order valence-electron chi connectivity index (χ4n) is 2.88. The van der Waals surface area contributed by atoms with Crippen LogP contribution in [0.3, 0.4) is 0 Å². The molecule has 1 aliphatic heterocycles. The molecule has 8 nitrogen and oxygen atoms in total. The van der Waals surface area contributed by atoms with E-state index in [1.165, 1.54) is 5.56 Å². The lowest BCUT2D eigenvalue weighted by molar-refractivity contribution is 0.147. The van der Waals surface area contributed by atoms with Gasteiger partial charge in [-0.15, -0.1) is 0 Å². The van der Waals surface area contributed by atoms with Crippen molar-refractivity contribution >= 4 is 12.1 Å². The minimum atomic E-state index is -0.274. The van der Waals surface area contributed by atoms with Crippen LogP contribution in [0.1, 0.15) is 17.3 Å². The van der Waals surface area contributed by atoms with Crippen LogP contribution in [0.25, 0.3) is 6.08 Å². The summed E-state index contributed by atoms with van der Waals surface area (Å²) in [5, 5.41) is 15.5. The van der Waals surface area contributed by atoms with Crippen molar-refractivity contribution in [1.82, 2.24) is 25.3 Å².